The molecule has 0 aliphatic carbocycles. The molecule has 3 rings (SSSR count). The zero-order chi connectivity index (χ0) is 18.7. The van der Waals surface area contributed by atoms with Gasteiger partial charge in [0.15, 0.2) is 0 Å². The molecule has 0 aromatic heterocycles. The van der Waals surface area contributed by atoms with E-state index in [0.717, 1.165) is 29.9 Å². The fourth-order valence-electron chi connectivity index (χ4n) is 3.08. The minimum absolute atomic E-state index is 0.149. The number of rotatable bonds is 5. The molecule has 2 aromatic carbocycles. The molecule has 0 bridgehead atoms. The summed E-state index contributed by atoms with van der Waals surface area (Å²) in [4.78, 5) is 26.1. The van der Waals surface area contributed by atoms with Crippen molar-refractivity contribution in [1.82, 2.24) is 0 Å². The van der Waals surface area contributed by atoms with Crippen molar-refractivity contribution < 1.29 is 9.59 Å². The van der Waals surface area contributed by atoms with Crippen LogP contribution in [0.4, 0.5) is 17.1 Å². The number of benzene rings is 2. The Labute approximate surface area is 158 Å². The number of carbonyl (C=O) groups is 2. The summed E-state index contributed by atoms with van der Waals surface area (Å²) in [5, 5.41) is 6.61. The molecule has 0 spiro atoms. The highest BCUT2D eigenvalue weighted by molar-refractivity contribution is 6.30. The van der Waals surface area contributed by atoms with E-state index in [1.165, 1.54) is 0 Å². The first-order valence-electron chi connectivity index (χ1n) is 8.68. The summed E-state index contributed by atoms with van der Waals surface area (Å²) >= 11 is 5.94. The summed E-state index contributed by atoms with van der Waals surface area (Å²) < 4.78 is 0. The highest BCUT2D eigenvalue weighted by Crippen LogP contribution is 2.27. The molecule has 1 heterocycles. The predicted molar refractivity (Wildman–Crippen MR) is 106 cm³/mol. The Morgan fingerprint density at radius 1 is 1.19 bits per heavy atom. The lowest BCUT2D eigenvalue weighted by Crippen LogP contribution is -2.32. The summed E-state index contributed by atoms with van der Waals surface area (Å²) in [6.07, 6.45) is 1.51. The Kier molecular flexibility index (Phi) is 5.47. The maximum absolute atomic E-state index is 12.4. The third-order valence-corrected chi connectivity index (χ3v) is 4.66. The van der Waals surface area contributed by atoms with Crippen molar-refractivity contribution in [3.05, 3.63) is 53.1 Å². The molecule has 5 nitrogen and oxygen atoms in total. The largest absolute Gasteiger partial charge is 0.374 e. The van der Waals surface area contributed by atoms with E-state index in [1.54, 1.807) is 31.2 Å². The van der Waals surface area contributed by atoms with Crippen molar-refractivity contribution in [3.63, 3.8) is 0 Å². The number of anilines is 3. The van der Waals surface area contributed by atoms with Gasteiger partial charge in [-0.2, -0.15) is 0 Å². The second kappa shape index (κ2) is 7.79. The molecule has 6 heteroatoms. The number of hydrogen-bond donors (Lipinski definition) is 2. The summed E-state index contributed by atoms with van der Waals surface area (Å²) in [7, 11) is 0. The van der Waals surface area contributed by atoms with Gasteiger partial charge in [0.2, 0.25) is 11.8 Å². The Morgan fingerprint density at radius 2 is 2.00 bits per heavy atom. The van der Waals surface area contributed by atoms with Gasteiger partial charge < -0.3 is 15.5 Å². The van der Waals surface area contributed by atoms with Gasteiger partial charge in [-0.15, -0.1) is 0 Å². The number of nitrogens with one attached hydrogen (secondary N) is 2. The predicted octanol–water partition coefficient (Wildman–Crippen LogP) is 4.21. The van der Waals surface area contributed by atoms with Crippen LogP contribution in [0.15, 0.2) is 42.5 Å². The van der Waals surface area contributed by atoms with Gasteiger partial charge in [0.25, 0.3) is 0 Å². The lowest BCUT2D eigenvalue weighted by molar-refractivity contribution is -0.117. The van der Waals surface area contributed by atoms with Crippen LogP contribution in [0, 0.1) is 6.92 Å². The number of halogens is 1. The Balaban J connectivity index is 1.65. The molecule has 1 aliphatic heterocycles. The van der Waals surface area contributed by atoms with Crippen molar-refractivity contribution in [2.75, 3.05) is 22.1 Å². The Bertz CT molecular complexity index is 838. The van der Waals surface area contributed by atoms with Crippen molar-refractivity contribution >= 4 is 40.5 Å². The second-order valence-electron chi connectivity index (χ2n) is 6.52. The van der Waals surface area contributed by atoms with Crippen LogP contribution in [-0.4, -0.2) is 24.4 Å². The first-order chi connectivity index (χ1) is 12.4. The van der Waals surface area contributed by atoms with Gasteiger partial charge in [0.1, 0.15) is 6.04 Å². The molecule has 1 aliphatic rings. The third-order valence-electron chi connectivity index (χ3n) is 4.43. The molecule has 0 unspecified atom stereocenters. The zero-order valence-corrected chi connectivity index (χ0v) is 15.6. The van der Waals surface area contributed by atoms with Crippen molar-refractivity contribution in [1.29, 1.82) is 0 Å². The normalized spacial score (nSPS) is 15.0. The third kappa shape index (κ3) is 4.17. The average molecular weight is 372 g/mol. The van der Waals surface area contributed by atoms with Crippen molar-refractivity contribution in [3.8, 4) is 0 Å². The number of hydrogen-bond acceptors (Lipinski definition) is 3. The van der Waals surface area contributed by atoms with Gasteiger partial charge in [0.05, 0.1) is 0 Å². The van der Waals surface area contributed by atoms with Gasteiger partial charge in [-0.3, -0.25) is 9.59 Å². The molecule has 2 amide bonds. The quantitative estimate of drug-likeness (QED) is 0.827. The first kappa shape index (κ1) is 18.3. The topological polar surface area (TPSA) is 61.4 Å². The van der Waals surface area contributed by atoms with E-state index < -0.39 is 6.04 Å². The lowest BCUT2D eigenvalue weighted by atomic mass is 10.1. The second-order valence-corrected chi connectivity index (χ2v) is 6.95. The zero-order valence-electron chi connectivity index (χ0n) is 14.9. The van der Waals surface area contributed by atoms with Crippen LogP contribution in [0.1, 0.15) is 25.3 Å². The average Bonchev–Trinajstić information content (AvgIpc) is 3.01. The van der Waals surface area contributed by atoms with Gasteiger partial charge in [0, 0.05) is 35.1 Å². The molecule has 0 radical (unpaired) electrons. The monoisotopic (exact) mass is 371 g/mol. The van der Waals surface area contributed by atoms with Gasteiger partial charge in [-0.05, 0) is 62.2 Å². The van der Waals surface area contributed by atoms with Crippen LogP contribution in [0.25, 0.3) is 0 Å². The van der Waals surface area contributed by atoms with E-state index in [9.17, 15) is 9.59 Å². The van der Waals surface area contributed by atoms with E-state index >= 15 is 0 Å². The van der Waals surface area contributed by atoms with E-state index in [0.29, 0.717) is 17.1 Å². The molecule has 2 N–H and O–H groups in total. The van der Waals surface area contributed by atoms with E-state index in [4.69, 9.17) is 11.6 Å². The first-order valence-corrected chi connectivity index (χ1v) is 9.06. The standard InChI is InChI=1S/C20H22ClN3O2/c1-13-11-17(8-9-18(13)24-10-4-7-19(24)25)22-14(2)20(26)23-16-6-3-5-15(21)12-16/h3,5-6,8-9,11-12,14,22H,4,7,10H2,1-2H3,(H,23,26)/t14-/m0/s1. The summed E-state index contributed by atoms with van der Waals surface area (Å²) in [5.41, 5.74) is 3.45. The molecular formula is C20H22ClN3O2. The summed E-state index contributed by atoms with van der Waals surface area (Å²) in [5.74, 6) is 0.0202. The van der Waals surface area contributed by atoms with Crippen LogP contribution in [0.2, 0.25) is 5.02 Å². The van der Waals surface area contributed by atoms with Gasteiger partial charge in [-0.25, -0.2) is 0 Å². The number of carbonyl (C=O) groups excluding carboxylic acids is 2. The maximum Gasteiger partial charge on any atom is 0.246 e. The SMILES string of the molecule is Cc1cc(N[C@@H](C)C(=O)Nc2cccc(Cl)c2)ccc1N1CCCC1=O. The fraction of sp³-hybridized carbons (Fsp3) is 0.300. The van der Waals surface area contributed by atoms with Gasteiger partial charge in [-0.1, -0.05) is 17.7 Å². The molecule has 1 atom stereocenters. The number of aryl methyl sites for hydroxylation is 1. The highest BCUT2D eigenvalue weighted by Gasteiger charge is 2.23. The van der Waals surface area contributed by atoms with Crippen LogP contribution in [0.5, 0.6) is 0 Å². The van der Waals surface area contributed by atoms with Crippen molar-refractivity contribution in [2.24, 2.45) is 0 Å². The maximum atomic E-state index is 12.4. The fourth-order valence-corrected chi connectivity index (χ4v) is 3.27. The van der Waals surface area contributed by atoms with E-state index in [2.05, 4.69) is 10.6 Å². The lowest BCUT2D eigenvalue weighted by Gasteiger charge is -2.20. The minimum atomic E-state index is -0.423. The number of amides is 2. The molecule has 1 saturated heterocycles. The Hall–Kier alpha value is -2.53. The smallest absolute Gasteiger partial charge is 0.246 e. The van der Waals surface area contributed by atoms with Crippen LogP contribution in [0.3, 0.4) is 0 Å². The van der Waals surface area contributed by atoms with Crippen LogP contribution < -0.4 is 15.5 Å². The minimum Gasteiger partial charge on any atom is -0.374 e. The summed E-state index contributed by atoms with van der Waals surface area (Å²) in [6.45, 7) is 4.54. The van der Waals surface area contributed by atoms with Crippen LogP contribution in [-0.2, 0) is 9.59 Å². The molecule has 1 fully saturated rings. The van der Waals surface area contributed by atoms with Crippen molar-refractivity contribution in [2.45, 2.75) is 32.7 Å². The number of nitrogens with zero attached hydrogens (tertiary/aromatic N) is 1. The molecule has 136 valence electrons. The highest BCUT2D eigenvalue weighted by atomic mass is 35.5. The van der Waals surface area contributed by atoms with Crippen LogP contribution >= 0.6 is 11.6 Å². The molecule has 26 heavy (non-hydrogen) atoms. The molecule has 0 saturated carbocycles. The Morgan fingerprint density at radius 3 is 2.65 bits per heavy atom. The molecule has 2 aromatic rings. The van der Waals surface area contributed by atoms with E-state index in [1.807, 2.05) is 30.0 Å². The molecular weight excluding hydrogens is 350 g/mol. The van der Waals surface area contributed by atoms with Gasteiger partial charge >= 0.3 is 0 Å². The van der Waals surface area contributed by atoms with E-state index in [-0.39, 0.29) is 11.8 Å². The summed E-state index contributed by atoms with van der Waals surface area (Å²) in [6, 6.07) is 12.4.